The van der Waals surface area contributed by atoms with Gasteiger partial charge in [-0.05, 0) is 94.0 Å². The minimum absolute atomic E-state index is 0.206. The van der Waals surface area contributed by atoms with Gasteiger partial charge in [-0.3, -0.25) is 4.79 Å². The standard InChI is InChI=1S/C25H26O5S/c1-14-11-17(12-15(2)22(14)30-25(4,5)24(27)28)7-10-20(26)23-16(3)19-9-8-18(31-6)13-21(19)29-23/h7-13H,1-6H3,(H,27,28). The highest BCUT2D eigenvalue weighted by atomic mass is 32.2. The minimum Gasteiger partial charge on any atom is -0.478 e. The van der Waals surface area contributed by atoms with Gasteiger partial charge in [0.05, 0.1) is 0 Å². The van der Waals surface area contributed by atoms with Crippen LogP contribution < -0.4 is 4.74 Å². The van der Waals surface area contributed by atoms with Crippen molar-refractivity contribution in [3.05, 3.63) is 64.4 Å². The first kappa shape index (κ1) is 22.7. The van der Waals surface area contributed by atoms with Crippen LogP contribution in [0.4, 0.5) is 0 Å². The van der Waals surface area contributed by atoms with Gasteiger partial charge in [0.25, 0.3) is 0 Å². The van der Waals surface area contributed by atoms with Crippen LogP contribution in [0.1, 0.15) is 46.7 Å². The summed E-state index contributed by atoms with van der Waals surface area (Å²) in [5.74, 6) is -0.372. The molecule has 6 heteroatoms. The zero-order chi connectivity index (χ0) is 22.9. The number of rotatable bonds is 7. The van der Waals surface area contributed by atoms with Gasteiger partial charge in [0.2, 0.25) is 5.78 Å². The van der Waals surface area contributed by atoms with E-state index >= 15 is 0 Å². The van der Waals surface area contributed by atoms with E-state index in [1.807, 2.05) is 57.4 Å². The molecule has 3 rings (SSSR count). The second kappa shape index (κ2) is 8.63. The molecular formula is C25H26O5S. The number of carboxylic acid groups (broad SMARTS) is 1. The lowest BCUT2D eigenvalue weighted by atomic mass is 10.0. The summed E-state index contributed by atoms with van der Waals surface area (Å²) >= 11 is 1.62. The molecule has 0 atom stereocenters. The third kappa shape index (κ3) is 4.69. The van der Waals surface area contributed by atoms with Crippen molar-refractivity contribution in [1.29, 1.82) is 0 Å². The maximum atomic E-state index is 12.8. The Kier molecular flexibility index (Phi) is 6.32. The quantitative estimate of drug-likeness (QED) is 0.268. The average Bonchev–Trinajstić information content (AvgIpc) is 3.04. The fourth-order valence-corrected chi connectivity index (χ4v) is 3.78. The van der Waals surface area contributed by atoms with Crippen LogP contribution in [0.5, 0.6) is 5.75 Å². The Morgan fingerprint density at radius 1 is 1.10 bits per heavy atom. The van der Waals surface area contributed by atoms with Crippen LogP contribution in [0.15, 0.2) is 45.7 Å². The Bertz CT molecular complexity index is 1180. The fourth-order valence-electron chi connectivity index (χ4n) is 3.36. The van der Waals surface area contributed by atoms with Crippen LogP contribution in [0, 0.1) is 20.8 Å². The molecule has 0 saturated heterocycles. The highest BCUT2D eigenvalue weighted by Gasteiger charge is 2.30. The number of ether oxygens (including phenoxy) is 1. The van der Waals surface area contributed by atoms with Gasteiger partial charge in [0.1, 0.15) is 11.3 Å². The Labute approximate surface area is 186 Å². The van der Waals surface area contributed by atoms with E-state index in [2.05, 4.69) is 0 Å². The zero-order valence-electron chi connectivity index (χ0n) is 18.5. The van der Waals surface area contributed by atoms with Crippen molar-refractivity contribution in [1.82, 2.24) is 0 Å². The number of allylic oxidation sites excluding steroid dienone is 1. The molecule has 31 heavy (non-hydrogen) atoms. The molecule has 0 aliphatic heterocycles. The van der Waals surface area contributed by atoms with Crippen LogP contribution in [-0.4, -0.2) is 28.7 Å². The smallest absolute Gasteiger partial charge is 0.347 e. The first-order valence-electron chi connectivity index (χ1n) is 9.86. The number of hydrogen-bond acceptors (Lipinski definition) is 5. The highest BCUT2D eigenvalue weighted by molar-refractivity contribution is 7.98. The molecule has 1 N–H and O–H groups in total. The number of carbonyl (C=O) groups is 2. The summed E-state index contributed by atoms with van der Waals surface area (Å²) in [6.07, 6.45) is 5.22. The lowest BCUT2D eigenvalue weighted by molar-refractivity contribution is -0.152. The molecular weight excluding hydrogens is 412 g/mol. The van der Waals surface area contributed by atoms with Gasteiger partial charge < -0.3 is 14.3 Å². The van der Waals surface area contributed by atoms with Crippen LogP contribution in [-0.2, 0) is 4.79 Å². The summed E-state index contributed by atoms with van der Waals surface area (Å²) in [6, 6.07) is 9.66. The zero-order valence-corrected chi connectivity index (χ0v) is 19.3. The van der Waals surface area contributed by atoms with Crippen molar-refractivity contribution in [2.75, 3.05) is 6.26 Å². The van der Waals surface area contributed by atoms with E-state index in [0.29, 0.717) is 17.1 Å². The van der Waals surface area contributed by atoms with Gasteiger partial charge in [0.15, 0.2) is 11.4 Å². The van der Waals surface area contributed by atoms with Crippen molar-refractivity contribution < 1.29 is 23.8 Å². The molecule has 1 heterocycles. The SMILES string of the molecule is CSc1ccc2c(C)c(C(=O)C=Cc3cc(C)c(OC(C)(C)C(=O)O)c(C)c3)oc2c1. The number of carbonyl (C=O) groups excluding carboxylic acids is 1. The predicted octanol–water partition coefficient (Wildman–Crippen LogP) is 6.22. The molecule has 2 aromatic carbocycles. The first-order chi connectivity index (χ1) is 14.5. The molecule has 0 aliphatic rings. The van der Waals surface area contributed by atoms with Gasteiger partial charge in [-0.25, -0.2) is 4.79 Å². The summed E-state index contributed by atoms with van der Waals surface area (Å²) in [5.41, 5.74) is 2.61. The Morgan fingerprint density at radius 2 is 1.74 bits per heavy atom. The fraction of sp³-hybridized carbons (Fsp3) is 0.280. The van der Waals surface area contributed by atoms with Crippen molar-refractivity contribution in [3.63, 3.8) is 0 Å². The van der Waals surface area contributed by atoms with Gasteiger partial charge in [-0.2, -0.15) is 0 Å². The van der Waals surface area contributed by atoms with E-state index in [-0.39, 0.29) is 5.78 Å². The van der Waals surface area contributed by atoms with Crippen molar-refractivity contribution >= 4 is 40.6 Å². The van der Waals surface area contributed by atoms with E-state index in [9.17, 15) is 14.7 Å². The van der Waals surface area contributed by atoms with Crippen molar-refractivity contribution in [2.24, 2.45) is 0 Å². The third-order valence-corrected chi connectivity index (χ3v) is 5.88. The normalized spacial score (nSPS) is 11.9. The molecule has 1 aromatic heterocycles. The number of furan rings is 1. The van der Waals surface area contributed by atoms with Crippen LogP contribution >= 0.6 is 11.8 Å². The Morgan fingerprint density at radius 3 is 2.32 bits per heavy atom. The summed E-state index contributed by atoms with van der Waals surface area (Å²) in [7, 11) is 0. The van der Waals surface area contributed by atoms with E-state index in [0.717, 1.165) is 32.5 Å². The number of thioether (sulfide) groups is 1. The van der Waals surface area contributed by atoms with E-state index < -0.39 is 11.6 Å². The molecule has 0 fully saturated rings. The third-order valence-electron chi connectivity index (χ3n) is 5.15. The van der Waals surface area contributed by atoms with E-state index in [1.54, 1.807) is 17.8 Å². The topological polar surface area (TPSA) is 76.7 Å². The molecule has 0 radical (unpaired) electrons. The summed E-state index contributed by atoms with van der Waals surface area (Å²) in [5, 5.41) is 10.2. The van der Waals surface area contributed by atoms with E-state index in [4.69, 9.17) is 9.15 Å². The molecule has 3 aromatic rings. The monoisotopic (exact) mass is 438 g/mol. The van der Waals surface area contributed by atoms with Crippen LogP contribution in [0.3, 0.4) is 0 Å². The molecule has 0 spiro atoms. The van der Waals surface area contributed by atoms with Gasteiger partial charge in [-0.15, -0.1) is 11.8 Å². The number of benzene rings is 2. The number of hydrogen-bond donors (Lipinski definition) is 1. The second-order valence-electron chi connectivity index (χ2n) is 8.02. The number of carboxylic acids is 1. The summed E-state index contributed by atoms with van der Waals surface area (Å²) < 4.78 is 11.6. The largest absolute Gasteiger partial charge is 0.478 e. The van der Waals surface area contributed by atoms with Crippen LogP contribution in [0.2, 0.25) is 0 Å². The molecule has 0 bridgehead atoms. The van der Waals surface area contributed by atoms with Crippen LogP contribution in [0.25, 0.3) is 17.0 Å². The Hall–Kier alpha value is -2.99. The molecule has 0 saturated carbocycles. The average molecular weight is 439 g/mol. The first-order valence-corrected chi connectivity index (χ1v) is 11.1. The van der Waals surface area contributed by atoms with E-state index in [1.165, 1.54) is 19.9 Å². The van der Waals surface area contributed by atoms with Crippen molar-refractivity contribution in [2.45, 2.75) is 45.1 Å². The summed E-state index contributed by atoms with van der Waals surface area (Å²) in [4.78, 5) is 25.2. The molecule has 0 unspecified atom stereocenters. The molecule has 162 valence electrons. The maximum Gasteiger partial charge on any atom is 0.347 e. The van der Waals surface area contributed by atoms with Gasteiger partial charge in [-0.1, -0.05) is 6.08 Å². The number of aryl methyl sites for hydroxylation is 3. The highest BCUT2D eigenvalue weighted by Crippen LogP contribution is 2.31. The van der Waals surface area contributed by atoms with Gasteiger partial charge in [0, 0.05) is 15.8 Å². The molecule has 0 aliphatic carbocycles. The van der Waals surface area contributed by atoms with Crippen molar-refractivity contribution in [3.8, 4) is 5.75 Å². The second-order valence-corrected chi connectivity index (χ2v) is 8.90. The van der Waals surface area contributed by atoms with Gasteiger partial charge >= 0.3 is 5.97 Å². The summed E-state index contributed by atoms with van der Waals surface area (Å²) in [6.45, 7) is 8.62. The lowest BCUT2D eigenvalue weighted by Crippen LogP contribution is -2.38. The lowest BCUT2D eigenvalue weighted by Gasteiger charge is -2.24. The Balaban J connectivity index is 1.86. The number of fused-ring (bicyclic) bond motifs is 1. The predicted molar refractivity (Wildman–Crippen MR) is 124 cm³/mol. The molecule has 5 nitrogen and oxygen atoms in total. The number of ketones is 1. The molecule has 0 amide bonds. The minimum atomic E-state index is -1.34. The number of aliphatic carboxylic acids is 1. The maximum absolute atomic E-state index is 12.8.